The molecule has 1 aromatic carbocycles. The number of carbonyl (C=O) groups excluding carboxylic acids is 2. The van der Waals surface area contributed by atoms with Gasteiger partial charge in [-0.2, -0.15) is 0 Å². The minimum atomic E-state index is -0.467. The maximum atomic E-state index is 12.5. The zero-order valence-electron chi connectivity index (χ0n) is 15.1. The van der Waals surface area contributed by atoms with Crippen molar-refractivity contribution in [2.45, 2.75) is 12.6 Å². The monoisotopic (exact) mass is 372 g/mol. The number of carbonyl (C=O) groups is 2. The fourth-order valence-electron chi connectivity index (χ4n) is 3.43. The number of aromatic nitrogens is 1. The lowest BCUT2D eigenvalue weighted by Crippen LogP contribution is -2.45. The molecule has 2 N–H and O–H groups in total. The van der Waals surface area contributed by atoms with Crippen LogP contribution in [0, 0.1) is 0 Å². The highest BCUT2D eigenvalue weighted by molar-refractivity contribution is 5.96. The van der Waals surface area contributed by atoms with Gasteiger partial charge in [-0.25, -0.2) is 0 Å². The van der Waals surface area contributed by atoms with Crippen molar-refractivity contribution in [3.8, 4) is 0 Å². The minimum absolute atomic E-state index is 0.0927. The highest BCUT2D eigenvalue weighted by atomic mass is 16.5. The van der Waals surface area contributed by atoms with E-state index in [1.165, 1.54) is 0 Å². The van der Waals surface area contributed by atoms with E-state index in [9.17, 15) is 9.59 Å². The summed E-state index contributed by atoms with van der Waals surface area (Å²) >= 11 is 0. The van der Waals surface area contributed by atoms with Gasteiger partial charge < -0.3 is 29.6 Å². The van der Waals surface area contributed by atoms with Crippen LogP contribution in [0.2, 0.25) is 0 Å². The lowest BCUT2D eigenvalue weighted by molar-refractivity contribution is -0.135. The predicted molar refractivity (Wildman–Crippen MR) is 101 cm³/mol. The van der Waals surface area contributed by atoms with Crippen LogP contribution < -0.4 is 10.6 Å². The van der Waals surface area contributed by atoms with Crippen LogP contribution in [-0.2, 0) is 25.6 Å². The Balaban J connectivity index is 1.43. The SMILES string of the molecule is O=C(Nc1ccc2c(ccn2CC(=O)N2CCOCC2)c1)C1CNCCO1. The van der Waals surface area contributed by atoms with E-state index in [2.05, 4.69) is 10.6 Å². The maximum Gasteiger partial charge on any atom is 0.254 e. The largest absolute Gasteiger partial charge is 0.378 e. The molecule has 0 bridgehead atoms. The van der Waals surface area contributed by atoms with Crippen molar-refractivity contribution in [3.05, 3.63) is 30.5 Å². The second-order valence-electron chi connectivity index (χ2n) is 6.76. The number of anilines is 1. The van der Waals surface area contributed by atoms with Crippen LogP contribution in [0.5, 0.6) is 0 Å². The zero-order valence-corrected chi connectivity index (χ0v) is 15.1. The fraction of sp³-hybridized carbons (Fsp3) is 0.474. The molecule has 2 aromatic rings. The Hall–Kier alpha value is -2.42. The summed E-state index contributed by atoms with van der Waals surface area (Å²) in [5.41, 5.74) is 1.68. The normalized spacial score (nSPS) is 20.6. The van der Waals surface area contributed by atoms with E-state index in [1.807, 2.05) is 39.9 Å². The van der Waals surface area contributed by atoms with Crippen molar-refractivity contribution in [1.29, 1.82) is 0 Å². The number of hydrogen-bond donors (Lipinski definition) is 2. The third kappa shape index (κ3) is 4.13. The number of amides is 2. The number of rotatable bonds is 4. The molecular formula is C19H24N4O4. The first-order valence-electron chi connectivity index (χ1n) is 9.28. The molecular weight excluding hydrogens is 348 g/mol. The van der Waals surface area contributed by atoms with Gasteiger partial charge in [0.15, 0.2) is 0 Å². The smallest absolute Gasteiger partial charge is 0.254 e. The Bertz CT molecular complexity index is 822. The van der Waals surface area contributed by atoms with Crippen LogP contribution in [-0.4, -0.2) is 73.4 Å². The van der Waals surface area contributed by atoms with Gasteiger partial charge in [0.1, 0.15) is 12.6 Å². The Morgan fingerprint density at radius 2 is 2.04 bits per heavy atom. The third-order valence-electron chi connectivity index (χ3n) is 4.93. The Labute approximate surface area is 157 Å². The summed E-state index contributed by atoms with van der Waals surface area (Å²) in [6, 6.07) is 7.65. The maximum absolute atomic E-state index is 12.5. The van der Waals surface area contributed by atoms with Crippen molar-refractivity contribution in [2.75, 3.05) is 51.3 Å². The van der Waals surface area contributed by atoms with E-state index in [0.717, 1.165) is 23.1 Å². The summed E-state index contributed by atoms with van der Waals surface area (Å²) in [7, 11) is 0. The minimum Gasteiger partial charge on any atom is -0.378 e. The average Bonchev–Trinajstić information content (AvgIpc) is 3.11. The van der Waals surface area contributed by atoms with Crippen LogP contribution in [0.15, 0.2) is 30.5 Å². The van der Waals surface area contributed by atoms with Crippen molar-refractivity contribution in [2.24, 2.45) is 0 Å². The van der Waals surface area contributed by atoms with Gasteiger partial charge in [-0.3, -0.25) is 9.59 Å². The van der Waals surface area contributed by atoms with Gasteiger partial charge in [0.25, 0.3) is 5.91 Å². The van der Waals surface area contributed by atoms with Crippen LogP contribution in [0.3, 0.4) is 0 Å². The quantitative estimate of drug-likeness (QED) is 0.813. The number of benzene rings is 1. The van der Waals surface area contributed by atoms with Crippen molar-refractivity contribution in [1.82, 2.24) is 14.8 Å². The van der Waals surface area contributed by atoms with Crippen molar-refractivity contribution >= 4 is 28.4 Å². The van der Waals surface area contributed by atoms with E-state index in [1.54, 1.807) is 0 Å². The number of hydrogen-bond acceptors (Lipinski definition) is 5. The molecule has 0 aliphatic carbocycles. The first-order chi connectivity index (χ1) is 13.2. The van der Waals surface area contributed by atoms with Crippen molar-refractivity contribution in [3.63, 3.8) is 0 Å². The molecule has 2 fully saturated rings. The van der Waals surface area contributed by atoms with Gasteiger partial charge in [-0.05, 0) is 24.3 Å². The second kappa shape index (κ2) is 8.08. The van der Waals surface area contributed by atoms with Gasteiger partial charge in [-0.1, -0.05) is 0 Å². The average molecular weight is 372 g/mol. The first kappa shape index (κ1) is 18.0. The molecule has 8 heteroatoms. The lowest BCUT2D eigenvalue weighted by atomic mass is 10.2. The second-order valence-corrected chi connectivity index (χ2v) is 6.76. The highest BCUT2D eigenvalue weighted by Gasteiger charge is 2.22. The summed E-state index contributed by atoms with van der Waals surface area (Å²) in [6.07, 6.45) is 1.44. The molecule has 1 unspecified atom stereocenters. The summed E-state index contributed by atoms with van der Waals surface area (Å²) < 4.78 is 12.7. The first-order valence-corrected chi connectivity index (χ1v) is 9.28. The third-order valence-corrected chi connectivity index (χ3v) is 4.93. The summed E-state index contributed by atoms with van der Waals surface area (Å²) in [4.78, 5) is 26.6. The van der Waals surface area contributed by atoms with Gasteiger partial charge in [0, 0.05) is 49.0 Å². The molecule has 2 saturated heterocycles. The molecule has 0 radical (unpaired) electrons. The Morgan fingerprint density at radius 3 is 2.81 bits per heavy atom. The van der Waals surface area contributed by atoms with Crippen LogP contribution in [0.1, 0.15) is 0 Å². The predicted octanol–water partition coefficient (Wildman–Crippen LogP) is 0.427. The van der Waals surface area contributed by atoms with E-state index < -0.39 is 6.10 Å². The van der Waals surface area contributed by atoms with Crippen LogP contribution in [0.4, 0.5) is 5.69 Å². The fourth-order valence-corrected chi connectivity index (χ4v) is 3.43. The van der Waals surface area contributed by atoms with E-state index in [-0.39, 0.29) is 11.8 Å². The standard InChI is InChI=1S/C19H24N4O4/c24-18(22-6-9-26-10-7-22)13-23-5-3-14-11-15(1-2-16(14)23)21-19(25)17-12-20-4-8-27-17/h1-3,5,11,17,20H,4,6-10,12-13H2,(H,21,25). The van der Waals surface area contributed by atoms with Crippen molar-refractivity contribution < 1.29 is 19.1 Å². The van der Waals surface area contributed by atoms with Gasteiger partial charge in [-0.15, -0.1) is 0 Å². The Morgan fingerprint density at radius 1 is 1.19 bits per heavy atom. The molecule has 4 rings (SSSR count). The Kier molecular flexibility index (Phi) is 5.38. The number of ether oxygens (including phenoxy) is 2. The van der Waals surface area contributed by atoms with E-state index in [0.29, 0.717) is 46.0 Å². The van der Waals surface area contributed by atoms with Crippen LogP contribution in [0.25, 0.3) is 10.9 Å². The molecule has 2 amide bonds. The van der Waals surface area contributed by atoms with Gasteiger partial charge in [0.2, 0.25) is 5.91 Å². The molecule has 144 valence electrons. The number of nitrogens with one attached hydrogen (secondary N) is 2. The zero-order chi connectivity index (χ0) is 18.6. The number of morpholine rings is 2. The topological polar surface area (TPSA) is 84.8 Å². The molecule has 0 saturated carbocycles. The number of nitrogens with zero attached hydrogens (tertiary/aromatic N) is 2. The summed E-state index contributed by atoms with van der Waals surface area (Å²) in [5, 5.41) is 7.03. The summed E-state index contributed by atoms with van der Waals surface area (Å²) in [6.45, 7) is 4.62. The lowest BCUT2D eigenvalue weighted by Gasteiger charge is -2.27. The summed E-state index contributed by atoms with van der Waals surface area (Å²) in [5.74, 6) is -0.0568. The van der Waals surface area contributed by atoms with E-state index in [4.69, 9.17) is 9.47 Å². The van der Waals surface area contributed by atoms with E-state index >= 15 is 0 Å². The number of fused-ring (bicyclic) bond motifs is 1. The van der Waals surface area contributed by atoms with Gasteiger partial charge >= 0.3 is 0 Å². The molecule has 1 aromatic heterocycles. The molecule has 2 aliphatic heterocycles. The molecule has 1 atom stereocenters. The molecule has 0 spiro atoms. The highest BCUT2D eigenvalue weighted by Crippen LogP contribution is 2.21. The van der Waals surface area contributed by atoms with Crippen LogP contribution >= 0.6 is 0 Å². The molecule has 8 nitrogen and oxygen atoms in total. The molecule has 2 aliphatic rings. The molecule has 27 heavy (non-hydrogen) atoms. The molecule has 3 heterocycles. The van der Waals surface area contributed by atoms with Gasteiger partial charge in [0.05, 0.1) is 19.8 Å².